The van der Waals surface area contributed by atoms with Gasteiger partial charge in [0, 0.05) is 26.7 Å². The summed E-state index contributed by atoms with van der Waals surface area (Å²) in [6.07, 6.45) is 11.6. The van der Waals surface area contributed by atoms with Gasteiger partial charge in [-0.15, -0.1) is 0 Å². The van der Waals surface area contributed by atoms with Crippen LogP contribution >= 0.6 is 0 Å². The third-order valence-electron chi connectivity index (χ3n) is 4.96. The molecule has 1 atom stereocenters. The molecule has 0 spiro atoms. The monoisotopic (exact) mass is 306 g/mol. The summed E-state index contributed by atoms with van der Waals surface area (Å²) < 4.78 is 0. The van der Waals surface area contributed by atoms with Gasteiger partial charge in [-0.25, -0.2) is 0 Å². The molecule has 1 aliphatic heterocycles. The summed E-state index contributed by atoms with van der Waals surface area (Å²) in [7, 11) is 1.87. The predicted octanol–water partition coefficient (Wildman–Crippen LogP) is 2.77. The lowest BCUT2D eigenvalue weighted by molar-refractivity contribution is 0.183. The molecule has 1 heterocycles. The lowest BCUT2D eigenvalue weighted by Gasteiger charge is -2.32. The van der Waals surface area contributed by atoms with Crippen LogP contribution < -0.4 is 10.6 Å². The lowest BCUT2D eigenvalue weighted by Crippen LogP contribution is -2.44. The van der Waals surface area contributed by atoms with Crippen LogP contribution in [-0.4, -0.2) is 50.6 Å². The quantitative estimate of drug-likeness (QED) is 0.450. The standard InChI is InChI=1S/C18H34N4/c1-3-22-13-7-10-17(15-22)14-21-18(19-2)20-12-11-16-8-5-4-6-9-16/h8,17H,3-7,9-15H2,1-2H3,(H2,19,20,21). The minimum absolute atomic E-state index is 0.758. The van der Waals surface area contributed by atoms with Crippen LogP contribution in [0.25, 0.3) is 0 Å². The van der Waals surface area contributed by atoms with Crippen LogP contribution in [0.15, 0.2) is 16.6 Å². The number of likely N-dealkylation sites (tertiary alicyclic amines) is 1. The van der Waals surface area contributed by atoms with Crippen LogP contribution in [0, 0.1) is 5.92 Å². The lowest BCUT2D eigenvalue weighted by atomic mass is 9.97. The molecular formula is C18H34N4. The number of guanidine groups is 1. The van der Waals surface area contributed by atoms with Gasteiger partial charge in [-0.1, -0.05) is 18.6 Å². The average Bonchev–Trinajstić information content (AvgIpc) is 2.59. The molecule has 1 fully saturated rings. The first-order chi connectivity index (χ1) is 10.8. The van der Waals surface area contributed by atoms with Crippen molar-refractivity contribution in [1.29, 1.82) is 0 Å². The number of hydrogen-bond acceptors (Lipinski definition) is 2. The third kappa shape index (κ3) is 5.99. The van der Waals surface area contributed by atoms with Gasteiger partial charge in [-0.2, -0.15) is 0 Å². The van der Waals surface area contributed by atoms with Crippen molar-refractivity contribution in [2.45, 2.75) is 51.9 Å². The molecule has 0 radical (unpaired) electrons. The predicted molar refractivity (Wildman–Crippen MR) is 95.4 cm³/mol. The van der Waals surface area contributed by atoms with Gasteiger partial charge in [0.15, 0.2) is 5.96 Å². The summed E-state index contributed by atoms with van der Waals surface area (Å²) >= 11 is 0. The topological polar surface area (TPSA) is 39.7 Å². The molecule has 1 unspecified atom stereocenters. The van der Waals surface area contributed by atoms with Gasteiger partial charge in [-0.05, 0) is 64.0 Å². The first-order valence-corrected chi connectivity index (χ1v) is 9.16. The number of rotatable bonds is 6. The van der Waals surface area contributed by atoms with Crippen LogP contribution in [0.3, 0.4) is 0 Å². The van der Waals surface area contributed by atoms with Gasteiger partial charge in [0.25, 0.3) is 0 Å². The molecule has 2 N–H and O–H groups in total. The van der Waals surface area contributed by atoms with Crippen molar-refractivity contribution < 1.29 is 0 Å². The van der Waals surface area contributed by atoms with Gasteiger partial charge in [0.2, 0.25) is 0 Å². The molecule has 126 valence electrons. The SMILES string of the molecule is CCN1CCCC(CNC(=NC)NCCC2=CCCCC2)C1. The zero-order valence-corrected chi connectivity index (χ0v) is 14.5. The molecule has 1 saturated heterocycles. The fraction of sp³-hybridized carbons (Fsp3) is 0.833. The molecule has 1 aliphatic carbocycles. The summed E-state index contributed by atoms with van der Waals surface area (Å²) in [6.45, 7) is 7.98. The molecule has 2 aliphatic rings. The Morgan fingerprint density at radius 2 is 2.23 bits per heavy atom. The maximum absolute atomic E-state index is 4.36. The summed E-state index contributed by atoms with van der Waals surface area (Å²) in [5, 5.41) is 6.98. The zero-order valence-electron chi connectivity index (χ0n) is 14.5. The highest BCUT2D eigenvalue weighted by Crippen LogP contribution is 2.19. The smallest absolute Gasteiger partial charge is 0.190 e. The van der Waals surface area contributed by atoms with Gasteiger partial charge < -0.3 is 15.5 Å². The van der Waals surface area contributed by atoms with E-state index in [2.05, 4.69) is 33.5 Å². The molecular weight excluding hydrogens is 272 g/mol. The molecule has 4 nitrogen and oxygen atoms in total. The van der Waals surface area contributed by atoms with Crippen LogP contribution in [-0.2, 0) is 0 Å². The van der Waals surface area contributed by atoms with E-state index < -0.39 is 0 Å². The van der Waals surface area contributed by atoms with Crippen molar-refractivity contribution in [1.82, 2.24) is 15.5 Å². The molecule has 22 heavy (non-hydrogen) atoms. The van der Waals surface area contributed by atoms with Gasteiger partial charge >= 0.3 is 0 Å². The van der Waals surface area contributed by atoms with Crippen LogP contribution in [0.4, 0.5) is 0 Å². The maximum Gasteiger partial charge on any atom is 0.190 e. The number of nitrogens with zero attached hydrogens (tertiary/aromatic N) is 2. The minimum atomic E-state index is 0.758. The van der Waals surface area contributed by atoms with E-state index in [1.54, 1.807) is 5.57 Å². The Balaban J connectivity index is 1.63. The van der Waals surface area contributed by atoms with Crippen LogP contribution in [0.2, 0.25) is 0 Å². The van der Waals surface area contributed by atoms with Crippen LogP contribution in [0.1, 0.15) is 51.9 Å². The summed E-state index contributed by atoms with van der Waals surface area (Å²) in [4.78, 5) is 6.91. The van der Waals surface area contributed by atoms with E-state index in [1.165, 1.54) is 58.2 Å². The van der Waals surface area contributed by atoms with E-state index >= 15 is 0 Å². The molecule has 0 aromatic carbocycles. The molecule has 2 rings (SSSR count). The Morgan fingerprint density at radius 1 is 1.32 bits per heavy atom. The van der Waals surface area contributed by atoms with Crippen molar-refractivity contribution in [3.05, 3.63) is 11.6 Å². The van der Waals surface area contributed by atoms with Crippen molar-refractivity contribution in [3.8, 4) is 0 Å². The summed E-state index contributed by atoms with van der Waals surface area (Å²) in [6, 6.07) is 0. The van der Waals surface area contributed by atoms with Gasteiger partial charge in [-0.3, -0.25) is 4.99 Å². The maximum atomic E-state index is 4.36. The normalized spacial score (nSPS) is 24.0. The van der Waals surface area contributed by atoms with E-state index in [1.807, 2.05) is 7.05 Å². The van der Waals surface area contributed by atoms with E-state index in [9.17, 15) is 0 Å². The average molecular weight is 306 g/mol. The van der Waals surface area contributed by atoms with E-state index in [0.717, 1.165) is 31.4 Å². The highest BCUT2D eigenvalue weighted by molar-refractivity contribution is 5.79. The minimum Gasteiger partial charge on any atom is -0.356 e. The van der Waals surface area contributed by atoms with E-state index in [0.29, 0.717) is 0 Å². The Bertz CT molecular complexity index is 375. The Labute approximate surface area is 136 Å². The molecule has 4 heteroatoms. The highest BCUT2D eigenvalue weighted by Gasteiger charge is 2.18. The Morgan fingerprint density at radius 3 is 2.95 bits per heavy atom. The summed E-state index contributed by atoms with van der Waals surface area (Å²) in [5.41, 5.74) is 1.63. The number of nitrogens with one attached hydrogen (secondary N) is 2. The zero-order chi connectivity index (χ0) is 15.6. The summed E-state index contributed by atoms with van der Waals surface area (Å²) in [5.74, 6) is 1.72. The second-order valence-electron chi connectivity index (χ2n) is 6.64. The molecule has 0 aromatic rings. The fourth-order valence-corrected chi connectivity index (χ4v) is 3.54. The number of piperidine rings is 1. The first kappa shape index (κ1) is 17.3. The Kier molecular flexibility index (Phi) is 7.78. The molecule has 0 amide bonds. The molecule has 0 saturated carbocycles. The van der Waals surface area contributed by atoms with E-state index in [-0.39, 0.29) is 0 Å². The second-order valence-corrected chi connectivity index (χ2v) is 6.64. The third-order valence-corrected chi connectivity index (χ3v) is 4.96. The second kappa shape index (κ2) is 9.88. The van der Waals surface area contributed by atoms with Crippen molar-refractivity contribution in [2.24, 2.45) is 10.9 Å². The Hall–Kier alpha value is -1.03. The number of aliphatic imine (C=N–C) groups is 1. The number of allylic oxidation sites excluding steroid dienone is 1. The largest absolute Gasteiger partial charge is 0.356 e. The van der Waals surface area contributed by atoms with Gasteiger partial charge in [0.05, 0.1) is 0 Å². The number of hydrogen-bond donors (Lipinski definition) is 2. The van der Waals surface area contributed by atoms with Crippen molar-refractivity contribution in [3.63, 3.8) is 0 Å². The fourth-order valence-electron chi connectivity index (χ4n) is 3.54. The first-order valence-electron chi connectivity index (χ1n) is 9.16. The highest BCUT2D eigenvalue weighted by atomic mass is 15.2. The van der Waals surface area contributed by atoms with E-state index in [4.69, 9.17) is 0 Å². The molecule has 0 bridgehead atoms. The molecule has 0 aromatic heterocycles. The van der Waals surface area contributed by atoms with Crippen molar-refractivity contribution in [2.75, 3.05) is 39.8 Å². The van der Waals surface area contributed by atoms with Crippen molar-refractivity contribution >= 4 is 5.96 Å². The van der Waals surface area contributed by atoms with Gasteiger partial charge in [0.1, 0.15) is 0 Å². The van der Waals surface area contributed by atoms with Crippen LogP contribution in [0.5, 0.6) is 0 Å².